The van der Waals surface area contributed by atoms with Gasteiger partial charge >= 0.3 is 11.9 Å². The van der Waals surface area contributed by atoms with Gasteiger partial charge in [0.15, 0.2) is 0 Å². The fourth-order valence-corrected chi connectivity index (χ4v) is 3.80. The van der Waals surface area contributed by atoms with Gasteiger partial charge in [-0.25, -0.2) is 4.79 Å². The van der Waals surface area contributed by atoms with Crippen LogP contribution in [0.4, 0.5) is 0 Å². The molecule has 0 amide bonds. The van der Waals surface area contributed by atoms with Gasteiger partial charge in [0, 0.05) is 18.5 Å². The van der Waals surface area contributed by atoms with E-state index in [0.29, 0.717) is 12.0 Å². The normalized spacial score (nSPS) is 30.8. The predicted molar refractivity (Wildman–Crippen MR) is 80.3 cm³/mol. The lowest BCUT2D eigenvalue weighted by molar-refractivity contribution is -0.152. The quantitative estimate of drug-likeness (QED) is 0.798. The van der Waals surface area contributed by atoms with Crippen molar-refractivity contribution in [2.24, 2.45) is 5.92 Å². The van der Waals surface area contributed by atoms with Gasteiger partial charge in [-0.05, 0) is 32.0 Å². The molecule has 0 N–H and O–H groups in total. The van der Waals surface area contributed by atoms with E-state index in [1.165, 1.54) is 7.11 Å². The average molecular weight is 303 g/mol. The lowest BCUT2D eigenvalue weighted by Crippen LogP contribution is -2.53. The van der Waals surface area contributed by atoms with Crippen molar-refractivity contribution in [3.63, 3.8) is 0 Å². The summed E-state index contributed by atoms with van der Waals surface area (Å²) in [4.78, 5) is 26.5. The molecule has 1 aromatic carbocycles. The molecule has 2 saturated heterocycles. The van der Waals surface area contributed by atoms with Gasteiger partial charge in [-0.15, -0.1) is 0 Å². The maximum Gasteiger partial charge on any atom is 0.338 e. The highest BCUT2D eigenvalue weighted by molar-refractivity contribution is 5.89. The largest absolute Gasteiger partial charge is 0.469 e. The van der Waals surface area contributed by atoms with Crippen LogP contribution in [0.5, 0.6) is 0 Å². The number of rotatable bonds is 3. The minimum absolute atomic E-state index is 0.193. The van der Waals surface area contributed by atoms with E-state index in [4.69, 9.17) is 9.47 Å². The molecule has 5 heteroatoms. The Labute approximate surface area is 130 Å². The summed E-state index contributed by atoms with van der Waals surface area (Å²) in [5.74, 6) is -0.756. The van der Waals surface area contributed by atoms with Crippen molar-refractivity contribution < 1.29 is 19.1 Å². The molecular weight excluding hydrogens is 282 g/mol. The van der Waals surface area contributed by atoms with Crippen LogP contribution < -0.4 is 0 Å². The Hall–Kier alpha value is -1.88. The summed E-state index contributed by atoms with van der Waals surface area (Å²) >= 11 is 0. The number of fused-ring (bicyclic) bond motifs is 2. The van der Waals surface area contributed by atoms with Crippen LogP contribution in [0.1, 0.15) is 29.6 Å². The van der Waals surface area contributed by atoms with Gasteiger partial charge in [0.2, 0.25) is 0 Å². The van der Waals surface area contributed by atoms with E-state index in [-0.39, 0.29) is 36.0 Å². The van der Waals surface area contributed by atoms with E-state index in [9.17, 15) is 9.59 Å². The third-order valence-corrected chi connectivity index (χ3v) is 4.96. The number of piperidine rings is 1. The molecule has 0 aliphatic carbocycles. The van der Waals surface area contributed by atoms with Gasteiger partial charge in [0.05, 0.1) is 18.6 Å². The standard InChI is InChI=1S/C17H21NO4/c1-18-13-8-9-14(18)15(10-12(13)17(20)21-2)22-16(19)11-6-4-3-5-7-11/h3-7,12-15H,8-10H2,1-2H3/t12-,13-,14-,15+/m1/s1. The lowest BCUT2D eigenvalue weighted by atomic mass is 9.89. The molecule has 118 valence electrons. The van der Waals surface area contributed by atoms with Crippen LogP contribution in [0.15, 0.2) is 30.3 Å². The molecule has 4 atom stereocenters. The number of hydrogen-bond acceptors (Lipinski definition) is 5. The van der Waals surface area contributed by atoms with Crippen molar-refractivity contribution in [1.29, 1.82) is 0 Å². The van der Waals surface area contributed by atoms with Gasteiger partial charge in [-0.2, -0.15) is 0 Å². The molecule has 0 radical (unpaired) electrons. The Bertz CT molecular complexity index is 559. The minimum atomic E-state index is -0.326. The second-order valence-corrected chi connectivity index (χ2v) is 6.05. The van der Waals surface area contributed by atoms with E-state index in [0.717, 1.165) is 12.8 Å². The Balaban J connectivity index is 1.75. The molecule has 2 aliphatic heterocycles. The summed E-state index contributed by atoms with van der Waals surface area (Å²) < 4.78 is 10.6. The molecular formula is C17H21NO4. The van der Waals surface area contributed by atoms with Crippen LogP contribution in [0.25, 0.3) is 0 Å². The summed E-state index contributed by atoms with van der Waals surface area (Å²) in [7, 11) is 3.41. The maximum absolute atomic E-state index is 12.3. The molecule has 2 fully saturated rings. The van der Waals surface area contributed by atoms with Crippen molar-refractivity contribution in [3.05, 3.63) is 35.9 Å². The average Bonchev–Trinajstić information content (AvgIpc) is 2.81. The number of hydrogen-bond donors (Lipinski definition) is 0. The predicted octanol–water partition coefficient (Wildman–Crippen LogP) is 1.87. The number of benzene rings is 1. The minimum Gasteiger partial charge on any atom is -0.469 e. The smallest absolute Gasteiger partial charge is 0.338 e. The number of carbonyl (C=O) groups is 2. The summed E-state index contributed by atoms with van der Waals surface area (Å²) in [5.41, 5.74) is 0.542. The third kappa shape index (κ3) is 2.61. The number of likely N-dealkylation sites (N-methyl/N-ethyl adjacent to an activating group) is 1. The Morgan fingerprint density at radius 2 is 1.82 bits per heavy atom. The van der Waals surface area contributed by atoms with E-state index in [2.05, 4.69) is 4.90 Å². The molecule has 0 saturated carbocycles. The number of esters is 2. The van der Waals surface area contributed by atoms with Crippen LogP contribution in [0, 0.1) is 5.92 Å². The topological polar surface area (TPSA) is 55.8 Å². The zero-order chi connectivity index (χ0) is 15.7. The SMILES string of the molecule is COC(=O)[C@@H]1C[C@H](OC(=O)c2ccccc2)[C@H]2CC[C@H]1N2C. The Morgan fingerprint density at radius 1 is 1.14 bits per heavy atom. The third-order valence-electron chi connectivity index (χ3n) is 4.96. The first-order valence-corrected chi connectivity index (χ1v) is 7.67. The van der Waals surface area contributed by atoms with Crippen LogP contribution in [0.3, 0.4) is 0 Å². The van der Waals surface area contributed by atoms with E-state index < -0.39 is 0 Å². The second kappa shape index (κ2) is 6.08. The lowest BCUT2D eigenvalue weighted by Gasteiger charge is -2.40. The first-order chi connectivity index (χ1) is 10.6. The second-order valence-electron chi connectivity index (χ2n) is 6.05. The highest BCUT2D eigenvalue weighted by atomic mass is 16.5. The summed E-state index contributed by atoms with van der Waals surface area (Å²) in [6, 6.07) is 9.36. The molecule has 2 aliphatic rings. The first kappa shape index (κ1) is 15.0. The van der Waals surface area contributed by atoms with Gasteiger partial charge in [0.1, 0.15) is 6.10 Å². The van der Waals surface area contributed by atoms with E-state index in [1.807, 2.05) is 25.2 Å². The molecule has 2 heterocycles. The van der Waals surface area contributed by atoms with Crippen molar-refractivity contribution in [1.82, 2.24) is 4.90 Å². The molecule has 0 spiro atoms. The fourth-order valence-electron chi connectivity index (χ4n) is 3.80. The van der Waals surface area contributed by atoms with Crippen LogP contribution in [-0.4, -0.2) is 49.2 Å². The Morgan fingerprint density at radius 3 is 2.50 bits per heavy atom. The van der Waals surface area contributed by atoms with Gasteiger partial charge < -0.3 is 9.47 Å². The van der Waals surface area contributed by atoms with Gasteiger partial charge in [0.25, 0.3) is 0 Å². The van der Waals surface area contributed by atoms with Gasteiger partial charge in [-0.3, -0.25) is 9.69 Å². The Kier molecular flexibility index (Phi) is 4.16. The highest BCUT2D eigenvalue weighted by Crippen LogP contribution is 2.40. The molecule has 0 aromatic heterocycles. The molecule has 1 aromatic rings. The molecule has 2 bridgehead atoms. The van der Waals surface area contributed by atoms with Crippen molar-refractivity contribution in [2.75, 3.05) is 14.2 Å². The van der Waals surface area contributed by atoms with E-state index in [1.54, 1.807) is 12.1 Å². The molecule has 5 nitrogen and oxygen atoms in total. The number of carbonyl (C=O) groups excluding carboxylic acids is 2. The zero-order valence-corrected chi connectivity index (χ0v) is 12.9. The fraction of sp³-hybridized carbons (Fsp3) is 0.529. The summed E-state index contributed by atoms with van der Waals surface area (Å²) in [5, 5.41) is 0. The van der Waals surface area contributed by atoms with Gasteiger partial charge in [-0.1, -0.05) is 18.2 Å². The van der Waals surface area contributed by atoms with Crippen LogP contribution in [0.2, 0.25) is 0 Å². The first-order valence-electron chi connectivity index (χ1n) is 7.67. The van der Waals surface area contributed by atoms with E-state index >= 15 is 0 Å². The number of ether oxygens (including phenoxy) is 2. The monoisotopic (exact) mass is 303 g/mol. The van der Waals surface area contributed by atoms with Crippen LogP contribution >= 0.6 is 0 Å². The zero-order valence-electron chi connectivity index (χ0n) is 12.9. The molecule has 22 heavy (non-hydrogen) atoms. The molecule has 3 rings (SSSR count). The number of nitrogens with zero attached hydrogens (tertiary/aromatic N) is 1. The molecule has 0 unspecified atom stereocenters. The van der Waals surface area contributed by atoms with Crippen LogP contribution in [-0.2, 0) is 14.3 Å². The summed E-state index contributed by atoms with van der Waals surface area (Å²) in [6.07, 6.45) is 2.17. The van der Waals surface area contributed by atoms with Crippen molar-refractivity contribution >= 4 is 11.9 Å². The highest BCUT2D eigenvalue weighted by Gasteiger charge is 2.50. The van der Waals surface area contributed by atoms with Crippen molar-refractivity contribution in [2.45, 2.75) is 37.5 Å². The number of methoxy groups -OCH3 is 1. The maximum atomic E-state index is 12.3. The summed E-state index contributed by atoms with van der Waals surface area (Å²) in [6.45, 7) is 0. The van der Waals surface area contributed by atoms with Crippen molar-refractivity contribution in [3.8, 4) is 0 Å².